The third-order valence-corrected chi connectivity index (χ3v) is 3.65. The quantitative estimate of drug-likeness (QED) is 0.784. The molecule has 0 unspecified atom stereocenters. The molecule has 0 radical (unpaired) electrons. The molecule has 0 aromatic heterocycles. The van der Waals surface area contributed by atoms with Crippen LogP contribution in [0.25, 0.3) is 0 Å². The van der Waals surface area contributed by atoms with Crippen molar-refractivity contribution in [2.75, 3.05) is 19.1 Å². The van der Waals surface area contributed by atoms with Crippen LogP contribution < -0.4 is 9.64 Å². The Balaban J connectivity index is 2.58. The van der Waals surface area contributed by atoms with Crippen molar-refractivity contribution >= 4 is 17.2 Å². The SMILES string of the molecule is COc1cccc(N(C)c2ccc(C)cc2C)c1C(C)=O. The van der Waals surface area contributed by atoms with E-state index in [0.29, 0.717) is 11.3 Å². The Morgan fingerprint density at radius 1 is 1.10 bits per heavy atom. The van der Waals surface area contributed by atoms with Gasteiger partial charge in [0.2, 0.25) is 0 Å². The number of carbonyl (C=O) groups excluding carboxylic acids is 1. The minimum absolute atomic E-state index is 0.000866. The molecule has 0 atom stereocenters. The normalized spacial score (nSPS) is 10.3. The summed E-state index contributed by atoms with van der Waals surface area (Å²) in [5.41, 5.74) is 4.95. The van der Waals surface area contributed by atoms with Crippen molar-refractivity contribution in [1.29, 1.82) is 0 Å². The first kappa shape index (κ1) is 15.1. The van der Waals surface area contributed by atoms with Gasteiger partial charge in [-0.15, -0.1) is 0 Å². The minimum Gasteiger partial charge on any atom is -0.496 e. The maximum Gasteiger partial charge on any atom is 0.165 e. The van der Waals surface area contributed by atoms with E-state index in [1.807, 2.05) is 30.1 Å². The molecule has 2 rings (SSSR count). The molecule has 0 aliphatic heterocycles. The highest BCUT2D eigenvalue weighted by molar-refractivity contribution is 6.03. The summed E-state index contributed by atoms with van der Waals surface area (Å²) in [6.45, 7) is 5.72. The summed E-state index contributed by atoms with van der Waals surface area (Å²) in [6, 6.07) is 12.0. The topological polar surface area (TPSA) is 29.5 Å². The Hall–Kier alpha value is -2.29. The van der Waals surface area contributed by atoms with Crippen LogP contribution >= 0.6 is 0 Å². The van der Waals surface area contributed by atoms with Crippen molar-refractivity contribution in [3.63, 3.8) is 0 Å². The predicted octanol–water partition coefficient (Wildman–Crippen LogP) is 4.28. The van der Waals surface area contributed by atoms with E-state index >= 15 is 0 Å². The molecule has 0 spiro atoms. The van der Waals surface area contributed by atoms with E-state index in [-0.39, 0.29) is 5.78 Å². The van der Waals surface area contributed by atoms with Crippen molar-refractivity contribution in [2.45, 2.75) is 20.8 Å². The molecule has 0 saturated heterocycles. The highest BCUT2D eigenvalue weighted by Crippen LogP contribution is 2.34. The number of ether oxygens (including phenoxy) is 1. The summed E-state index contributed by atoms with van der Waals surface area (Å²) in [7, 11) is 3.56. The third-order valence-electron chi connectivity index (χ3n) is 3.65. The molecule has 0 amide bonds. The van der Waals surface area contributed by atoms with Gasteiger partial charge in [-0.1, -0.05) is 23.8 Å². The first-order valence-corrected chi connectivity index (χ1v) is 6.94. The molecular formula is C18H21NO2. The highest BCUT2D eigenvalue weighted by Gasteiger charge is 2.18. The number of rotatable bonds is 4. The van der Waals surface area contributed by atoms with Gasteiger partial charge in [-0.2, -0.15) is 0 Å². The van der Waals surface area contributed by atoms with Crippen LogP contribution in [-0.4, -0.2) is 19.9 Å². The van der Waals surface area contributed by atoms with E-state index in [1.54, 1.807) is 14.0 Å². The summed E-state index contributed by atoms with van der Waals surface area (Å²) in [6.07, 6.45) is 0. The van der Waals surface area contributed by atoms with Gasteiger partial charge in [0.25, 0.3) is 0 Å². The Morgan fingerprint density at radius 2 is 1.81 bits per heavy atom. The number of aryl methyl sites for hydroxylation is 2. The lowest BCUT2D eigenvalue weighted by Crippen LogP contribution is -2.15. The number of hydrogen-bond acceptors (Lipinski definition) is 3. The highest BCUT2D eigenvalue weighted by atomic mass is 16.5. The van der Waals surface area contributed by atoms with E-state index in [1.165, 1.54) is 11.1 Å². The lowest BCUT2D eigenvalue weighted by molar-refractivity contribution is 0.101. The fraction of sp³-hybridized carbons (Fsp3) is 0.278. The number of carbonyl (C=O) groups is 1. The van der Waals surface area contributed by atoms with Crippen LogP contribution in [0.15, 0.2) is 36.4 Å². The maximum absolute atomic E-state index is 12.0. The Labute approximate surface area is 126 Å². The molecule has 3 heteroatoms. The molecule has 0 aliphatic carbocycles. The summed E-state index contributed by atoms with van der Waals surface area (Å²) in [4.78, 5) is 14.0. The Morgan fingerprint density at radius 3 is 2.38 bits per heavy atom. The van der Waals surface area contributed by atoms with Gasteiger partial charge in [-0.3, -0.25) is 4.79 Å². The van der Waals surface area contributed by atoms with Gasteiger partial charge in [0.1, 0.15) is 5.75 Å². The van der Waals surface area contributed by atoms with Crippen LogP contribution in [0.3, 0.4) is 0 Å². The van der Waals surface area contributed by atoms with Gasteiger partial charge in [0, 0.05) is 12.7 Å². The molecule has 110 valence electrons. The zero-order chi connectivity index (χ0) is 15.6. The molecule has 0 bridgehead atoms. The second-order valence-electron chi connectivity index (χ2n) is 5.26. The first-order valence-electron chi connectivity index (χ1n) is 6.94. The van der Waals surface area contributed by atoms with Crippen LogP contribution in [-0.2, 0) is 0 Å². The maximum atomic E-state index is 12.0. The lowest BCUT2D eigenvalue weighted by atomic mass is 10.0. The van der Waals surface area contributed by atoms with Crippen LogP contribution in [0.4, 0.5) is 11.4 Å². The molecule has 0 N–H and O–H groups in total. The van der Waals surface area contributed by atoms with E-state index in [9.17, 15) is 4.79 Å². The summed E-state index contributed by atoms with van der Waals surface area (Å²) >= 11 is 0. The second-order valence-corrected chi connectivity index (χ2v) is 5.26. The lowest BCUT2D eigenvalue weighted by Gasteiger charge is -2.25. The number of nitrogens with zero attached hydrogens (tertiary/aromatic N) is 1. The van der Waals surface area contributed by atoms with Gasteiger partial charge >= 0.3 is 0 Å². The standard InChI is InChI=1S/C18H21NO2/c1-12-9-10-15(13(2)11-12)19(4)16-7-6-8-17(21-5)18(16)14(3)20/h6-11H,1-5H3. The molecule has 2 aromatic carbocycles. The van der Waals surface area contributed by atoms with Gasteiger partial charge in [0.05, 0.1) is 18.4 Å². The third kappa shape index (κ3) is 2.92. The number of methoxy groups -OCH3 is 1. The molecule has 2 aromatic rings. The van der Waals surface area contributed by atoms with Crippen molar-refractivity contribution < 1.29 is 9.53 Å². The molecule has 0 saturated carbocycles. The van der Waals surface area contributed by atoms with Gasteiger partial charge in [-0.25, -0.2) is 0 Å². The van der Waals surface area contributed by atoms with Crippen LogP contribution in [0.5, 0.6) is 5.75 Å². The smallest absolute Gasteiger partial charge is 0.165 e. The fourth-order valence-electron chi connectivity index (χ4n) is 2.63. The average molecular weight is 283 g/mol. The van der Waals surface area contributed by atoms with Crippen molar-refractivity contribution in [1.82, 2.24) is 0 Å². The molecule has 21 heavy (non-hydrogen) atoms. The van der Waals surface area contributed by atoms with Crippen LogP contribution in [0.2, 0.25) is 0 Å². The van der Waals surface area contributed by atoms with E-state index in [2.05, 4.69) is 32.0 Å². The van der Waals surface area contributed by atoms with Gasteiger partial charge in [0.15, 0.2) is 5.78 Å². The number of ketones is 1. The molecule has 3 nitrogen and oxygen atoms in total. The largest absolute Gasteiger partial charge is 0.496 e. The predicted molar refractivity (Wildman–Crippen MR) is 87.0 cm³/mol. The number of benzene rings is 2. The fourth-order valence-corrected chi connectivity index (χ4v) is 2.63. The Bertz CT molecular complexity index is 677. The van der Waals surface area contributed by atoms with Gasteiger partial charge in [-0.05, 0) is 44.5 Å². The zero-order valence-electron chi connectivity index (χ0n) is 13.2. The number of hydrogen-bond donors (Lipinski definition) is 0. The number of anilines is 2. The van der Waals surface area contributed by atoms with E-state index in [0.717, 1.165) is 11.4 Å². The van der Waals surface area contributed by atoms with E-state index in [4.69, 9.17) is 4.74 Å². The monoisotopic (exact) mass is 283 g/mol. The van der Waals surface area contributed by atoms with Crippen molar-refractivity contribution in [3.05, 3.63) is 53.1 Å². The van der Waals surface area contributed by atoms with Gasteiger partial charge < -0.3 is 9.64 Å². The van der Waals surface area contributed by atoms with Crippen LogP contribution in [0.1, 0.15) is 28.4 Å². The molecule has 0 aliphatic rings. The summed E-state index contributed by atoms with van der Waals surface area (Å²) in [5, 5.41) is 0. The number of Topliss-reactive ketones (excluding diaryl/α,β-unsaturated/α-hetero) is 1. The van der Waals surface area contributed by atoms with E-state index < -0.39 is 0 Å². The minimum atomic E-state index is -0.000866. The summed E-state index contributed by atoms with van der Waals surface area (Å²) in [5.74, 6) is 0.607. The molecule has 0 heterocycles. The average Bonchev–Trinajstić information content (AvgIpc) is 2.45. The zero-order valence-corrected chi connectivity index (χ0v) is 13.2. The van der Waals surface area contributed by atoms with Crippen molar-refractivity contribution in [3.8, 4) is 5.75 Å². The molecular weight excluding hydrogens is 262 g/mol. The van der Waals surface area contributed by atoms with Crippen molar-refractivity contribution in [2.24, 2.45) is 0 Å². The summed E-state index contributed by atoms with van der Waals surface area (Å²) < 4.78 is 5.34. The Kier molecular flexibility index (Phi) is 4.32. The first-order chi connectivity index (χ1) is 9.95. The molecule has 0 fully saturated rings. The van der Waals surface area contributed by atoms with Crippen LogP contribution in [0, 0.1) is 13.8 Å². The second kappa shape index (κ2) is 6.00.